The van der Waals surface area contributed by atoms with E-state index in [1.54, 1.807) is 37.3 Å². The number of aromatic carboxylic acids is 1. The number of sulfonamides is 1. The molecule has 3 aromatic carbocycles. The first-order valence-corrected chi connectivity index (χ1v) is 12.8. The van der Waals surface area contributed by atoms with Crippen LogP contribution < -0.4 is 9.62 Å². The largest absolute Gasteiger partial charge is 0.478 e. The van der Waals surface area contributed by atoms with E-state index in [2.05, 4.69) is 9.62 Å². The molecule has 0 aromatic heterocycles. The number of anilines is 2. The van der Waals surface area contributed by atoms with Crippen molar-refractivity contribution < 1.29 is 22.7 Å². The van der Waals surface area contributed by atoms with Crippen LogP contribution in [0.1, 0.15) is 27.0 Å². The standard InChI is InChI=1S/C26H28FN3O4S/c1-18-6-7-19(2)25(14-18)35(33,34)28-22-8-9-24(23(16-22)26(31)32)30-12-10-29(11-13-30)17-20-4-3-5-21(27)15-20/h3-9,14-16,28H,10-13,17H2,1-2H3,(H,31,32). The predicted molar refractivity (Wildman–Crippen MR) is 134 cm³/mol. The van der Waals surface area contributed by atoms with Crippen molar-refractivity contribution >= 4 is 27.4 Å². The number of benzene rings is 3. The lowest BCUT2D eigenvalue weighted by atomic mass is 10.1. The molecule has 1 fully saturated rings. The van der Waals surface area contributed by atoms with Gasteiger partial charge in [-0.05, 0) is 66.9 Å². The van der Waals surface area contributed by atoms with Crippen LogP contribution in [0, 0.1) is 19.7 Å². The predicted octanol–water partition coefficient (Wildman–Crippen LogP) is 4.26. The maximum absolute atomic E-state index is 13.5. The van der Waals surface area contributed by atoms with Crippen LogP contribution in [0.5, 0.6) is 0 Å². The van der Waals surface area contributed by atoms with Crippen molar-refractivity contribution in [2.24, 2.45) is 0 Å². The van der Waals surface area contributed by atoms with E-state index in [1.165, 1.54) is 18.2 Å². The number of hydrogen-bond donors (Lipinski definition) is 2. The van der Waals surface area contributed by atoms with Gasteiger partial charge in [-0.1, -0.05) is 24.3 Å². The zero-order valence-corrected chi connectivity index (χ0v) is 20.5. The molecule has 0 amide bonds. The molecule has 0 saturated carbocycles. The molecule has 4 rings (SSSR count). The average molecular weight is 498 g/mol. The Labute approximate surface area is 204 Å². The normalized spacial score (nSPS) is 14.7. The van der Waals surface area contributed by atoms with Crippen molar-refractivity contribution in [1.82, 2.24) is 4.90 Å². The highest BCUT2D eigenvalue weighted by atomic mass is 32.2. The van der Waals surface area contributed by atoms with Crippen LogP contribution in [0.3, 0.4) is 0 Å². The zero-order valence-electron chi connectivity index (χ0n) is 19.7. The summed E-state index contributed by atoms with van der Waals surface area (Å²) in [6, 6.07) is 16.3. The molecule has 35 heavy (non-hydrogen) atoms. The molecule has 1 saturated heterocycles. The third-order valence-electron chi connectivity index (χ3n) is 6.12. The number of nitrogens with zero attached hydrogens (tertiary/aromatic N) is 2. The Morgan fingerprint density at radius 2 is 1.74 bits per heavy atom. The number of carboxylic acids is 1. The van der Waals surface area contributed by atoms with Crippen molar-refractivity contribution in [2.45, 2.75) is 25.3 Å². The molecule has 0 spiro atoms. The molecule has 0 radical (unpaired) electrons. The fourth-order valence-corrected chi connectivity index (χ4v) is 5.67. The maximum atomic E-state index is 13.5. The second kappa shape index (κ2) is 10.1. The molecular weight excluding hydrogens is 469 g/mol. The Morgan fingerprint density at radius 1 is 1.00 bits per heavy atom. The molecule has 1 aliphatic heterocycles. The van der Waals surface area contributed by atoms with Gasteiger partial charge < -0.3 is 10.0 Å². The van der Waals surface area contributed by atoms with Crippen LogP contribution in [0.15, 0.2) is 65.6 Å². The lowest BCUT2D eigenvalue weighted by Crippen LogP contribution is -2.46. The first kappa shape index (κ1) is 24.7. The SMILES string of the molecule is Cc1ccc(C)c(S(=O)(=O)Nc2ccc(N3CCN(Cc4cccc(F)c4)CC3)c(C(=O)O)c2)c1. The minimum atomic E-state index is -3.88. The summed E-state index contributed by atoms with van der Waals surface area (Å²) in [5.41, 5.74) is 3.08. The van der Waals surface area contributed by atoms with E-state index in [9.17, 15) is 22.7 Å². The van der Waals surface area contributed by atoms with Gasteiger partial charge in [-0.25, -0.2) is 17.6 Å². The van der Waals surface area contributed by atoms with Gasteiger partial charge in [-0.2, -0.15) is 0 Å². The Hall–Kier alpha value is -3.43. The molecule has 2 N–H and O–H groups in total. The number of halogens is 1. The second-order valence-corrected chi connectivity index (χ2v) is 10.5. The summed E-state index contributed by atoms with van der Waals surface area (Å²) >= 11 is 0. The lowest BCUT2D eigenvalue weighted by Gasteiger charge is -2.36. The summed E-state index contributed by atoms with van der Waals surface area (Å²) in [6.07, 6.45) is 0. The molecule has 3 aromatic rings. The Bertz CT molecular complexity index is 1350. The summed E-state index contributed by atoms with van der Waals surface area (Å²) in [7, 11) is -3.88. The second-order valence-electron chi connectivity index (χ2n) is 8.80. The van der Waals surface area contributed by atoms with Crippen molar-refractivity contribution in [3.63, 3.8) is 0 Å². The van der Waals surface area contributed by atoms with Crippen LogP contribution >= 0.6 is 0 Å². The smallest absolute Gasteiger partial charge is 0.337 e. The quantitative estimate of drug-likeness (QED) is 0.507. The van der Waals surface area contributed by atoms with Crippen molar-refractivity contribution in [1.29, 1.82) is 0 Å². The van der Waals surface area contributed by atoms with E-state index in [0.717, 1.165) is 11.1 Å². The van der Waals surface area contributed by atoms with Crippen molar-refractivity contribution in [2.75, 3.05) is 35.8 Å². The molecule has 0 atom stereocenters. The first-order chi connectivity index (χ1) is 16.6. The van der Waals surface area contributed by atoms with Crippen molar-refractivity contribution in [3.8, 4) is 0 Å². The summed E-state index contributed by atoms with van der Waals surface area (Å²) in [4.78, 5) is 16.4. The fourth-order valence-electron chi connectivity index (χ4n) is 4.29. The number of carbonyl (C=O) groups is 1. The number of nitrogens with one attached hydrogen (secondary N) is 1. The van der Waals surface area contributed by atoms with Crippen molar-refractivity contribution in [3.05, 3.63) is 88.7 Å². The lowest BCUT2D eigenvalue weighted by molar-refractivity contribution is 0.0697. The van der Waals surface area contributed by atoms with E-state index in [4.69, 9.17) is 0 Å². The van der Waals surface area contributed by atoms with Gasteiger partial charge >= 0.3 is 5.97 Å². The number of piperazine rings is 1. The Balaban J connectivity index is 1.49. The summed E-state index contributed by atoms with van der Waals surface area (Å²) in [6.45, 7) is 6.73. The van der Waals surface area contributed by atoms with Crippen LogP contribution in [0.2, 0.25) is 0 Å². The van der Waals surface area contributed by atoms with Gasteiger partial charge in [0.1, 0.15) is 5.82 Å². The topological polar surface area (TPSA) is 90.0 Å². The maximum Gasteiger partial charge on any atom is 0.337 e. The highest BCUT2D eigenvalue weighted by Crippen LogP contribution is 2.28. The Morgan fingerprint density at radius 3 is 2.43 bits per heavy atom. The van der Waals surface area contributed by atoms with E-state index in [-0.39, 0.29) is 22.0 Å². The molecular formula is C26H28FN3O4S. The molecule has 184 valence electrons. The van der Waals surface area contributed by atoms with Crippen LogP contribution in [0.4, 0.5) is 15.8 Å². The van der Waals surface area contributed by atoms with Gasteiger partial charge in [0.2, 0.25) is 0 Å². The first-order valence-electron chi connectivity index (χ1n) is 11.3. The van der Waals surface area contributed by atoms with Gasteiger partial charge in [0.15, 0.2) is 0 Å². The van der Waals surface area contributed by atoms with E-state index in [0.29, 0.717) is 44.0 Å². The molecule has 0 unspecified atom stereocenters. The van der Waals surface area contributed by atoms with E-state index < -0.39 is 16.0 Å². The van der Waals surface area contributed by atoms with Crippen LogP contribution in [-0.4, -0.2) is 50.6 Å². The molecule has 7 nitrogen and oxygen atoms in total. The minimum absolute atomic E-state index is 0.0322. The van der Waals surface area contributed by atoms with E-state index in [1.807, 2.05) is 24.0 Å². The minimum Gasteiger partial charge on any atom is -0.478 e. The van der Waals surface area contributed by atoms with Crippen LogP contribution in [0.25, 0.3) is 0 Å². The van der Waals surface area contributed by atoms with Gasteiger partial charge in [-0.3, -0.25) is 9.62 Å². The highest BCUT2D eigenvalue weighted by Gasteiger charge is 2.23. The molecule has 1 aliphatic rings. The van der Waals surface area contributed by atoms with Gasteiger partial charge in [0, 0.05) is 38.4 Å². The number of aryl methyl sites for hydroxylation is 2. The summed E-state index contributed by atoms with van der Waals surface area (Å²) in [5.74, 6) is -1.39. The average Bonchev–Trinajstić information content (AvgIpc) is 2.81. The number of hydrogen-bond acceptors (Lipinski definition) is 5. The third-order valence-corrected chi connectivity index (χ3v) is 7.64. The molecule has 0 aliphatic carbocycles. The zero-order chi connectivity index (χ0) is 25.2. The van der Waals surface area contributed by atoms with Crippen LogP contribution in [-0.2, 0) is 16.6 Å². The highest BCUT2D eigenvalue weighted by molar-refractivity contribution is 7.92. The molecule has 0 bridgehead atoms. The summed E-state index contributed by atoms with van der Waals surface area (Å²) < 4.78 is 41.9. The summed E-state index contributed by atoms with van der Waals surface area (Å²) in [5, 5.41) is 9.84. The third kappa shape index (κ3) is 5.80. The monoisotopic (exact) mass is 497 g/mol. The van der Waals surface area contributed by atoms with Gasteiger partial charge in [-0.15, -0.1) is 0 Å². The van der Waals surface area contributed by atoms with Gasteiger partial charge in [0.25, 0.3) is 10.0 Å². The number of rotatable bonds is 7. The Kier molecular flexibility index (Phi) is 7.09. The molecule has 9 heteroatoms. The van der Waals surface area contributed by atoms with E-state index >= 15 is 0 Å². The molecule has 1 heterocycles. The van der Waals surface area contributed by atoms with Gasteiger partial charge in [0.05, 0.1) is 16.1 Å². The fraction of sp³-hybridized carbons (Fsp3) is 0.269. The number of carboxylic acid groups (broad SMARTS) is 1.